The lowest BCUT2D eigenvalue weighted by molar-refractivity contribution is 0.195. The summed E-state index contributed by atoms with van der Waals surface area (Å²) in [6.07, 6.45) is -0.679. The zero-order chi connectivity index (χ0) is 13.8. The van der Waals surface area contributed by atoms with Gasteiger partial charge in [-0.3, -0.25) is 0 Å². The topological polar surface area (TPSA) is 53.2 Å². The number of aliphatic hydroxyl groups is 1. The molecule has 0 spiro atoms. The molecule has 2 rings (SSSR count). The van der Waals surface area contributed by atoms with Gasteiger partial charge in [0.2, 0.25) is 0 Å². The van der Waals surface area contributed by atoms with Gasteiger partial charge in [0.25, 0.3) is 0 Å². The normalized spacial score (nSPS) is 11.7. The maximum absolute atomic E-state index is 9.71. The van der Waals surface area contributed by atoms with Crippen LogP contribution in [0.4, 0.5) is 0 Å². The number of nitriles is 1. The molecule has 0 aliphatic carbocycles. The first-order valence-electron chi connectivity index (χ1n) is 5.75. The van der Waals surface area contributed by atoms with Gasteiger partial charge in [-0.25, -0.2) is 0 Å². The number of hydrogen-bond acceptors (Lipinski definition) is 3. The van der Waals surface area contributed by atoms with Gasteiger partial charge in [0.05, 0.1) is 17.7 Å². The van der Waals surface area contributed by atoms with E-state index in [1.807, 2.05) is 6.07 Å². The summed E-state index contributed by atoms with van der Waals surface area (Å²) in [6, 6.07) is 13.9. The molecule has 0 aliphatic heterocycles. The van der Waals surface area contributed by atoms with E-state index in [0.717, 1.165) is 0 Å². The molecule has 0 aromatic heterocycles. The van der Waals surface area contributed by atoms with Gasteiger partial charge >= 0.3 is 0 Å². The lowest BCUT2D eigenvalue weighted by atomic mass is 10.1. The van der Waals surface area contributed by atoms with Crippen LogP contribution in [-0.4, -0.2) is 5.11 Å². The van der Waals surface area contributed by atoms with Crippen LogP contribution in [-0.2, 0) is 0 Å². The number of benzene rings is 2. The highest BCUT2D eigenvalue weighted by atomic mass is 35.5. The second-order valence-electron chi connectivity index (χ2n) is 4.10. The van der Waals surface area contributed by atoms with Crippen molar-refractivity contribution < 1.29 is 9.84 Å². The molecule has 1 atom stereocenters. The molecule has 0 heterocycles. The largest absolute Gasteiger partial charge is 0.457 e. The van der Waals surface area contributed by atoms with Crippen molar-refractivity contribution in [2.75, 3.05) is 0 Å². The third-order valence-electron chi connectivity index (χ3n) is 2.62. The van der Waals surface area contributed by atoms with Crippen molar-refractivity contribution in [2.45, 2.75) is 13.0 Å². The molecule has 2 aromatic rings. The number of aliphatic hydroxyl groups excluding tert-OH is 1. The van der Waals surface area contributed by atoms with E-state index in [-0.39, 0.29) is 0 Å². The first-order valence-corrected chi connectivity index (χ1v) is 6.13. The van der Waals surface area contributed by atoms with Crippen LogP contribution in [0.3, 0.4) is 0 Å². The predicted octanol–water partition coefficient (Wildman–Crippen LogP) is 4.06. The molecule has 96 valence electrons. The van der Waals surface area contributed by atoms with Crippen molar-refractivity contribution in [1.29, 1.82) is 5.26 Å². The Bertz CT molecular complexity index is 632. The molecular weight excluding hydrogens is 262 g/mol. The Morgan fingerprint density at radius 3 is 2.68 bits per heavy atom. The number of hydrogen-bond donors (Lipinski definition) is 1. The molecule has 19 heavy (non-hydrogen) atoms. The zero-order valence-electron chi connectivity index (χ0n) is 10.3. The second-order valence-corrected chi connectivity index (χ2v) is 4.54. The van der Waals surface area contributed by atoms with E-state index in [2.05, 4.69) is 0 Å². The van der Waals surface area contributed by atoms with Gasteiger partial charge in [-0.2, -0.15) is 5.26 Å². The summed E-state index contributed by atoms with van der Waals surface area (Å²) in [5, 5.41) is 19.2. The third-order valence-corrected chi connectivity index (χ3v) is 2.85. The zero-order valence-corrected chi connectivity index (χ0v) is 11.1. The van der Waals surface area contributed by atoms with E-state index in [1.54, 1.807) is 49.4 Å². The van der Waals surface area contributed by atoms with Crippen molar-refractivity contribution in [1.82, 2.24) is 0 Å². The van der Waals surface area contributed by atoms with Crippen molar-refractivity contribution in [3.63, 3.8) is 0 Å². The highest BCUT2D eigenvalue weighted by Gasteiger charge is 2.11. The highest BCUT2D eigenvalue weighted by Crippen LogP contribution is 2.31. The second kappa shape index (κ2) is 5.75. The van der Waals surface area contributed by atoms with E-state index in [4.69, 9.17) is 21.6 Å². The minimum absolute atomic E-state index is 0.455. The molecule has 1 N–H and O–H groups in total. The molecule has 0 amide bonds. The van der Waals surface area contributed by atoms with Gasteiger partial charge in [0.1, 0.15) is 11.5 Å². The average molecular weight is 274 g/mol. The van der Waals surface area contributed by atoms with Crippen LogP contribution in [0.15, 0.2) is 42.5 Å². The lowest BCUT2D eigenvalue weighted by Crippen LogP contribution is -1.97. The minimum atomic E-state index is -0.679. The van der Waals surface area contributed by atoms with E-state index in [9.17, 15) is 5.11 Å². The Kier molecular flexibility index (Phi) is 4.06. The monoisotopic (exact) mass is 273 g/mol. The number of halogens is 1. The van der Waals surface area contributed by atoms with Crippen molar-refractivity contribution in [2.24, 2.45) is 0 Å². The molecule has 0 radical (unpaired) electrons. The molecule has 3 nitrogen and oxygen atoms in total. The van der Waals surface area contributed by atoms with E-state index in [0.29, 0.717) is 27.6 Å². The standard InChI is InChI=1S/C15H12ClNO2/c1-10(18)14-6-5-11(9-17)7-15(14)19-13-4-2-3-12(16)8-13/h2-8,10,18H,1H3. The molecule has 1 unspecified atom stereocenters. The van der Waals surface area contributed by atoms with E-state index >= 15 is 0 Å². The van der Waals surface area contributed by atoms with Crippen molar-refractivity contribution >= 4 is 11.6 Å². The predicted molar refractivity (Wildman–Crippen MR) is 73.3 cm³/mol. The molecule has 2 aromatic carbocycles. The lowest BCUT2D eigenvalue weighted by Gasteiger charge is -2.13. The van der Waals surface area contributed by atoms with Crippen molar-refractivity contribution in [3.8, 4) is 17.6 Å². The van der Waals surface area contributed by atoms with E-state index in [1.165, 1.54) is 0 Å². The van der Waals surface area contributed by atoms with Crippen LogP contribution < -0.4 is 4.74 Å². The fraction of sp³-hybridized carbons (Fsp3) is 0.133. The van der Waals surface area contributed by atoms with Gasteiger partial charge in [0, 0.05) is 10.6 Å². The van der Waals surface area contributed by atoms with E-state index < -0.39 is 6.10 Å². The summed E-state index contributed by atoms with van der Waals surface area (Å²) in [7, 11) is 0. The SMILES string of the molecule is CC(O)c1ccc(C#N)cc1Oc1cccc(Cl)c1. The van der Waals surface area contributed by atoms with Gasteiger partial charge < -0.3 is 9.84 Å². The van der Waals surface area contributed by atoms with Gasteiger partial charge in [0.15, 0.2) is 0 Å². The Morgan fingerprint density at radius 2 is 2.05 bits per heavy atom. The summed E-state index contributed by atoms with van der Waals surface area (Å²) in [6.45, 7) is 1.65. The van der Waals surface area contributed by atoms with Crippen LogP contribution in [0.2, 0.25) is 5.02 Å². The third kappa shape index (κ3) is 3.25. The fourth-order valence-corrected chi connectivity index (χ4v) is 1.88. The summed E-state index contributed by atoms with van der Waals surface area (Å²) >= 11 is 5.89. The van der Waals surface area contributed by atoms with Crippen LogP contribution in [0.1, 0.15) is 24.2 Å². The Hall–Kier alpha value is -2.02. The number of ether oxygens (including phenoxy) is 1. The molecule has 0 saturated heterocycles. The molecule has 0 saturated carbocycles. The van der Waals surface area contributed by atoms with Gasteiger partial charge in [-0.05, 0) is 37.3 Å². The highest BCUT2D eigenvalue weighted by molar-refractivity contribution is 6.30. The smallest absolute Gasteiger partial charge is 0.134 e. The fourth-order valence-electron chi connectivity index (χ4n) is 1.69. The Balaban J connectivity index is 2.40. The first kappa shape index (κ1) is 13.4. The maximum Gasteiger partial charge on any atom is 0.134 e. The quantitative estimate of drug-likeness (QED) is 0.917. The van der Waals surface area contributed by atoms with Gasteiger partial charge in [-0.15, -0.1) is 0 Å². The molecule has 4 heteroatoms. The van der Waals surface area contributed by atoms with Crippen LogP contribution in [0.5, 0.6) is 11.5 Å². The molecular formula is C15H12ClNO2. The number of nitrogens with zero attached hydrogens (tertiary/aromatic N) is 1. The molecule has 0 bridgehead atoms. The molecule has 0 fully saturated rings. The summed E-state index contributed by atoms with van der Waals surface area (Å²) in [5.41, 5.74) is 1.10. The van der Waals surface area contributed by atoms with Crippen molar-refractivity contribution in [3.05, 3.63) is 58.6 Å². The van der Waals surface area contributed by atoms with Crippen LogP contribution in [0.25, 0.3) is 0 Å². The minimum Gasteiger partial charge on any atom is -0.457 e. The summed E-state index contributed by atoms with van der Waals surface area (Å²) < 4.78 is 5.70. The first-order chi connectivity index (χ1) is 9.10. The maximum atomic E-state index is 9.71. The number of rotatable bonds is 3. The summed E-state index contributed by atoms with van der Waals surface area (Å²) in [5.74, 6) is 1.01. The molecule has 0 aliphatic rings. The van der Waals surface area contributed by atoms with Crippen LogP contribution in [0, 0.1) is 11.3 Å². The average Bonchev–Trinajstić information content (AvgIpc) is 2.38. The Morgan fingerprint density at radius 1 is 1.26 bits per heavy atom. The van der Waals surface area contributed by atoms with Crippen LogP contribution >= 0.6 is 11.6 Å². The Labute approximate surface area is 116 Å². The van der Waals surface area contributed by atoms with Gasteiger partial charge in [-0.1, -0.05) is 23.7 Å². The summed E-state index contributed by atoms with van der Waals surface area (Å²) in [4.78, 5) is 0.